The maximum Gasteiger partial charge on any atom is 0.205 e. The van der Waals surface area contributed by atoms with Gasteiger partial charge in [-0.2, -0.15) is 15.5 Å². The van der Waals surface area contributed by atoms with Crippen LogP contribution in [0.5, 0.6) is 0 Å². The van der Waals surface area contributed by atoms with E-state index in [1.165, 1.54) is 0 Å². The molecule has 0 radical (unpaired) electrons. The first-order valence-corrected chi connectivity index (χ1v) is 8.55. The van der Waals surface area contributed by atoms with Gasteiger partial charge in [0.2, 0.25) is 5.88 Å². The lowest BCUT2D eigenvalue weighted by Crippen LogP contribution is -2.23. The van der Waals surface area contributed by atoms with Gasteiger partial charge in [-0.15, -0.1) is 0 Å². The highest BCUT2D eigenvalue weighted by molar-refractivity contribution is 5.61. The third-order valence-corrected chi connectivity index (χ3v) is 4.83. The number of hydrogen-bond acceptors (Lipinski definition) is 5. The smallest absolute Gasteiger partial charge is 0.205 e. The van der Waals surface area contributed by atoms with Crippen molar-refractivity contribution in [3.8, 4) is 6.07 Å². The molecule has 26 heavy (non-hydrogen) atoms. The quantitative estimate of drug-likeness (QED) is 0.900. The van der Waals surface area contributed by atoms with Crippen molar-refractivity contribution < 1.29 is 4.74 Å². The largest absolute Gasteiger partial charge is 0.440 e. The highest BCUT2D eigenvalue weighted by atomic mass is 16.5. The Morgan fingerprint density at radius 3 is 2.65 bits per heavy atom. The zero-order valence-corrected chi connectivity index (χ0v) is 14.8. The first kappa shape index (κ1) is 16.2. The molecule has 2 aromatic heterocycles. The van der Waals surface area contributed by atoms with Crippen molar-refractivity contribution in [1.29, 1.82) is 5.26 Å². The van der Waals surface area contributed by atoms with Crippen molar-refractivity contribution in [3.63, 3.8) is 0 Å². The molecule has 1 aliphatic carbocycles. The molecule has 0 saturated heterocycles. The normalized spacial score (nSPS) is 21.6. The van der Waals surface area contributed by atoms with Gasteiger partial charge in [-0.1, -0.05) is 0 Å². The van der Waals surface area contributed by atoms with E-state index in [2.05, 4.69) is 22.3 Å². The van der Waals surface area contributed by atoms with E-state index in [0.29, 0.717) is 5.57 Å². The summed E-state index contributed by atoms with van der Waals surface area (Å²) in [5.74, 6) is 0.777. The molecule has 7 nitrogen and oxygen atoms in total. The SMILES string of the molecule is Cn1cc(/C=C2\CCCC3=C2OC(N)=C(C#N)C3c2cnn(C)c2)cn1. The average Bonchev–Trinajstić information content (AvgIpc) is 3.22. The van der Waals surface area contributed by atoms with Crippen LogP contribution in [0.2, 0.25) is 0 Å². The summed E-state index contributed by atoms with van der Waals surface area (Å²) in [5, 5.41) is 18.1. The Morgan fingerprint density at radius 1 is 1.23 bits per heavy atom. The van der Waals surface area contributed by atoms with Crippen LogP contribution in [-0.2, 0) is 18.8 Å². The summed E-state index contributed by atoms with van der Waals surface area (Å²) in [7, 11) is 3.76. The topological polar surface area (TPSA) is 94.7 Å². The van der Waals surface area contributed by atoms with Gasteiger partial charge in [0.25, 0.3) is 0 Å². The third-order valence-electron chi connectivity index (χ3n) is 4.83. The lowest BCUT2D eigenvalue weighted by molar-refractivity contribution is 0.277. The molecule has 2 aliphatic rings. The molecule has 0 amide bonds. The highest BCUT2D eigenvalue weighted by Gasteiger charge is 2.36. The first-order chi connectivity index (χ1) is 12.6. The molecule has 0 fully saturated rings. The first-order valence-electron chi connectivity index (χ1n) is 8.55. The molecular weight excluding hydrogens is 328 g/mol. The number of ether oxygens (including phenoxy) is 1. The van der Waals surface area contributed by atoms with E-state index in [1.807, 2.05) is 32.7 Å². The molecule has 132 valence electrons. The summed E-state index contributed by atoms with van der Waals surface area (Å²) >= 11 is 0. The molecule has 3 heterocycles. The number of nitriles is 1. The van der Waals surface area contributed by atoms with Gasteiger partial charge in [0.1, 0.15) is 17.4 Å². The Kier molecular flexibility index (Phi) is 3.88. The molecule has 2 N–H and O–H groups in total. The number of rotatable bonds is 2. The monoisotopic (exact) mass is 348 g/mol. The fourth-order valence-electron chi connectivity index (χ4n) is 3.72. The second kappa shape index (κ2) is 6.23. The summed E-state index contributed by atoms with van der Waals surface area (Å²) in [4.78, 5) is 0. The molecular formula is C19H20N6O. The van der Waals surface area contributed by atoms with E-state index in [4.69, 9.17) is 10.5 Å². The van der Waals surface area contributed by atoms with Gasteiger partial charge in [-0.05, 0) is 36.5 Å². The van der Waals surface area contributed by atoms with Crippen molar-refractivity contribution in [3.05, 3.63) is 64.3 Å². The summed E-state index contributed by atoms with van der Waals surface area (Å²) in [6.45, 7) is 0. The minimum Gasteiger partial charge on any atom is -0.440 e. The Balaban J connectivity index is 1.83. The minimum atomic E-state index is -0.199. The number of nitrogens with two attached hydrogens (primary N) is 1. The van der Waals surface area contributed by atoms with E-state index in [9.17, 15) is 5.26 Å². The van der Waals surface area contributed by atoms with Crippen molar-refractivity contribution in [2.45, 2.75) is 25.2 Å². The predicted molar refractivity (Wildman–Crippen MR) is 95.9 cm³/mol. The second-order valence-electron chi connectivity index (χ2n) is 6.70. The Labute approximate surface area is 151 Å². The number of aryl methyl sites for hydroxylation is 2. The number of allylic oxidation sites excluding steroid dienone is 3. The summed E-state index contributed by atoms with van der Waals surface area (Å²) < 4.78 is 9.45. The second-order valence-corrected chi connectivity index (χ2v) is 6.70. The van der Waals surface area contributed by atoms with E-state index < -0.39 is 0 Å². The summed E-state index contributed by atoms with van der Waals surface area (Å²) in [6.07, 6.45) is 12.4. The molecule has 0 bridgehead atoms. The number of aromatic nitrogens is 4. The van der Waals surface area contributed by atoms with Crippen LogP contribution in [0, 0.1) is 11.3 Å². The zero-order chi connectivity index (χ0) is 18.3. The van der Waals surface area contributed by atoms with Gasteiger partial charge in [0.15, 0.2) is 0 Å². The van der Waals surface area contributed by atoms with E-state index in [0.717, 1.165) is 47.3 Å². The molecule has 2 aromatic rings. The Morgan fingerprint density at radius 2 is 2.00 bits per heavy atom. The van der Waals surface area contributed by atoms with Crippen molar-refractivity contribution in [1.82, 2.24) is 19.6 Å². The molecule has 0 saturated carbocycles. The molecule has 0 spiro atoms. The van der Waals surface area contributed by atoms with Crippen LogP contribution in [0.4, 0.5) is 0 Å². The van der Waals surface area contributed by atoms with Crippen LogP contribution in [0.3, 0.4) is 0 Å². The van der Waals surface area contributed by atoms with Gasteiger partial charge >= 0.3 is 0 Å². The number of nitrogens with zero attached hydrogens (tertiary/aromatic N) is 5. The van der Waals surface area contributed by atoms with Crippen LogP contribution in [0.15, 0.2) is 53.1 Å². The van der Waals surface area contributed by atoms with E-state index in [-0.39, 0.29) is 11.8 Å². The Hall–Kier alpha value is -3.27. The average molecular weight is 348 g/mol. The predicted octanol–water partition coefficient (Wildman–Crippen LogP) is 2.48. The third kappa shape index (κ3) is 2.69. The van der Waals surface area contributed by atoms with E-state index in [1.54, 1.807) is 15.6 Å². The maximum atomic E-state index is 9.65. The summed E-state index contributed by atoms with van der Waals surface area (Å²) in [6, 6.07) is 2.24. The number of hydrogen-bond donors (Lipinski definition) is 1. The van der Waals surface area contributed by atoms with E-state index >= 15 is 0 Å². The van der Waals surface area contributed by atoms with Gasteiger partial charge < -0.3 is 10.5 Å². The Bertz CT molecular complexity index is 997. The lowest BCUT2D eigenvalue weighted by Gasteiger charge is -2.32. The fourth-order valence-corrected chi connectivity index (χ4v) is 3.72. The molecule has 0 aromatic carbocycles. The molecule has 7 heteroatoms. The van der Waals surface area contributed by atoms with Crippen LogP contribution < -0.4 is 5.73 Å². The van der Waals surface area contributed by atoms with Crippen LogP contribution in [-0.4, -0.2) is 19.6 Å². The lowest BCUT2D eigenvalue weighted by atomic mass is 9.78. The van der Waals surface area contributed by atoms with Gasteiger partial charge in [0, 0.05) is 37.6 Å². The molecule has 1 atom stereocenters. The molecule has 1 unspecified atom stereocenters. The maximum absolute atomic E-state index is 9.65. The van der Waals surface area contributed by atoms with Crippen LogP contribution >= 0.6 is 0 Å². The van der Waals surface area contributed by atoms with Gasteiger partial charge in [-0.3, -0.25) is 9.36 Å². The fraction of sp³-hybridized carbons (Fsp3) is 0.316. The minimum absolute atomic E-state index is 0.180. The van der Waals surface area contributed by atoms with Crippen molar-refractivity contribution in [2.24, 2.45) is 19.8 Å². The van der Waals surface area contributed by atoms with Crippen LogP contribution in [0.1, 0.15) is 36.3 Å². The zero-order valence-electron chi connectivity index (χ0n) is 14.8. The molecule has 1 aliphatic heterocycles. The van der Waals surface area contributed by atoms with Crippen LogP contribution in [0.25, 0.3) is 6.08 Å². The van der Waals surface area contributed by atoms with Gasteiger partial charge in [0.05, 0.1) is 18.3 Å². The van der Waals surface area contributed by atoms with Crippen molar-refractivity contribution >= 4 is 6.08 Å². The van der Waals surface area contributed by atoms with Crippen molar-refractivity contribution in [2.75, 3.05) is 0 Å². The summed E-state index contributed by atoms with van der Waals surface area (Å²) in [5.41, 5.74) is 10.8. The highest BCUT2D eigenvalue weighted by Crippen LogP contribution is 2.46. The standard InChI is InChI=1S/C19H20N6O/c1-24-10-12(8-22-24)6-13-4-3-5-15-17(14-9-23-25(2)11-14)16(7-20)19(21)26-18(13)15/h6,8-11,17H,3-5,21H2,1-2H3/b13-6+. The molecule has 4 rings (SSSR count). The van der Waals surface area contributed by atoms with Gasteiger partial charge in [-0.25, -0.2) is 0 Å².